The van der Waals surface area contributed by atoms with Crippen LogP contribution in [0.1, 0.15) is 47.1 Å². The van der Waals surface area contributed by atoms with Crippen LogP contribution in [-0.4, -0.2) is 42.8 Å². The van der Waals surface area contributed by atoms with E-state index in [-0.39, 0.29) is 16.9 Å². The van der Waals surface area contributed by atoms with Crippen LogP contribution in [0.5, 0.6) is 0 Å². The summed E-state index contributed by atoms with van der Waals surface area (Å²) < 4.78 is 5.43. The van der Waals surface area contributed by atoms with E-state index in [1.165, 1.54) is 11.3 Å². The highest BCUT2D eigenvalue weighted by molar-refractivity contribution is 5.70. The maximum absolute atomic E-state index is 12.0. The van der Waals surface area contributed by atoms with Crippen molar-refractivity contribution >= 4 is 11.8 Å². The number of nitrogens with zero attached hydrogens (tertiary/aromatic N) is 2. The van der Waals surface area contributed by atoms with Crippen molar-refractivity contribution in [3.05, 3.63) is 29.8 Å². The van der Waals surface area contributed by atoms with E-state index in [9.17, 15) is 4.79 Å². The van der Waals surface area contributed by atoms with Crippen LogP contribution < -0.4 is 4.90 Å². The molecule has 3 rings (SSSR count). The first-order valence-corrected chi connectivity index (χ1v) is 8.81. The van der Waals surface area contributed by atoms with Crippen molar-refractivity contribution in [1.29, 1.82) is 0 Å². The van der Waals surface area contributed by atoms with Gasteiger partial charge >= 0.3 is 6.09 Å². The summed E-state index contributed by atoms with van der Waals surface area (Å²) in [6.07, 6.45) is -0.180. The molecule has 132 valence electrons. The average Bonchev–Trinajstić information content (AvgIpc) is 2.32. The predicted octanol–water partition coefficient (Wildman–Crippen LogP) is 4.04. The SMILES string of the molecule is CC(C)(C)OC(=O)N1CC2(C1)CN(c1ccc(C(C)(C)C)cc1)C2. The van der Waals surface area contributed by atoms with Crippen molar-refractivity contribution in [2.45, 2.75) is 52.6 Å². The second-order valence-electron chi connectivity index (χ2n) is 9.49. The number of carbonyl (C=O) groups excluding carboxylic acids is 1. The van der Waals surface area contributed by atoms with Gasteiger partial charge in [-0.25, -0.2) is 4.79 Å². The highest BCUT2D eigenvalue weighted by atomic mass is 16.6. The van der Waals surface area contributed by atoms with Crippen LogP contribution in [-0.2, 0) is 10.2 Å². The molecule has 1 aromatic carbocycles. The molecule has 4 heteroatoms. The average molecular weight is 330 g/mol. The summed E-state index contributed by atoms with van der Waals surface area (Å²) >= 11 is 0. The van der Waals surface area contributed by atoms with Crippen molar-refractivity contribution in [1.82, 2.24) is 4.90 Å². The minimum Gasteiger partial charge on any atom is -0.444 e. The second-order valence-corrected chi connectivity index (χ2v) is 9.49. The Morgan fingerprint density at radius 3 is 1.96 bits per heavy atom. The number of rotatable bonds is 1. The normalized spacial score (nSPS) is 19.8. The Bertz CT molecular complexity index is 609. The van der Waals surface area contributed by atoms with Gasteiger partial charge in [0.15, 0.2) is 0 Å². The molecule has 1 spiro atoms. The van der Waals surface area contributed by atoms with Crippen LogP contribution in [0.3, 0.4) is 0 Å². The van der Waals surface area contributed by atoms with Gasteiger partial charge in [0.25, 0.3) is 0 Å². The molecule has 2 fully saturated rings. The van der Waals surface area contributed by atoms with Crippen LogP contribution >= 0.6 is 0 Å². The number of carbonyl (C=O) groups is 1. The number of anilines is 1. The maximum atomic E-state index is 12.0. The molecule has 1 amide bonds. The van der Waals surface area contributed by atoms with Gasteiger partial charge in [-0.2, -0.15) is 0 Å². The molecule has 24 heavy (non-hydrogen) atoms. The predicted molar refractivity (Wildman–Crippen MR) is 97.6 cm³/mol. The lowest BCUT2D eigenvalue weighted by molar-refractivity contribution is -0.0453. The standard InChI is InChI=1S/C20H30N2O2/c1-18(2,3)15-7-9-16(10-8-15)21-11-20(12-21)13-22(14-20)17(23)24-19(4,5)6/h7-10H,11-14H2,1-6H3. The van der Waals surface area contributed by atoms with Gasteiger partial charge in [0.1, 0.15) is 5.60 Å². The Morgan fingerprint density at radius 2 is 1.50 bits per heavy atom. The lowest BCUT2D eigenvalue weighted by Gasteiger charge is -2.60. The van der Waals surface area contributed by atoms with E-state index in [1.54, 1.807) is 0 Å². The summed E-state index contributed by atoms with van der Waals surface area (Å²) in [5, 5.41) is 0. The summed E-state index contributed by atoms with van der Waals surface area (Å²) in [6, 6.07) is 8.90. The van der Waals surface area contributed by atoms with Crippen molar-refractivity contribution in [3.8, 4) is 0 Å². The Kier molecular flexibility index (Phi) is 3.85. The molecule has 2 saturated heterocycles. The van der Waals surface area contributed by atoms with E-state index in [4.69, 9.17) is 4.74 Å². The van der Waals surface area contributed by atoms with Gasteiger partial charge in [-0.15, -0.1) is 0 Å². The third-order valence-electron chi connectivity index (χ3n) is 4.86. The molecule has 0 bridgehead atoms. The fourth-order valence-corrected chi connectivity index (χ4v) is 3.54. The minimum atomic E-state index is -0.416. The van der Waals surface area contributed by atoms with Crippen LogP contribution in [0.4, 0.5) is 10.5 Å². The van der Waals surface area contributed by atoms with Crippen molar-refractivity contribution in [2.24, 2.45) is 5.41 Å². The topological polar surface area (TPSA) is 32.8 Å². The third kappa shape index (κ3) is 3.38. The summed E-state index contributed by atoms with van der Waals surface area (Å²) in [5.74, 6) is 0. The van der Waals surface area contributed by atoms with Gasteiger partial charge < -0.3 is 14.5 Å². The zero-order chi connectivity index (χ0) is 17.8. The number of benzene rings is 1. The number of amides is 1. The number of likely N-dealkylation sites (tertiary alicyclic amines) is 1. The highest BCUT2D eigenvalue weighted by Gasteiger charge is 2.54. The van der Waals surface area contributed by atoms with Gasteiger partial charge in [0, 0.05) is 37.3 Å². The minimum absolute atomic E-state index is 0.180. The van der Waals surface area contributed by atoms with Gasteiger partial charge in [0.2, 0.25) is 0 Å². The number of hydrogen-bond donors (Lipinski definition) is 0. The van der Waals surface area contributed by atoms with Gasteiger partial charge in [-0.1, -0.05) is 32.9 Å². The van der Waals surface area contributed by atoms with Crippen LogP contribution in [0.2, 0.25) is 0 Å². The fourth-order valence-electron chi connectivity index (χ4n) is 3.54. The summed E-state index contributed by atoms with van der Waals surface area (Å²) in [6.45, 7) is 16.1. The molecule has 2 aliphatic rings. The largest absolute Gasteiger partial charge is 0.444 e. The first-order chi connectivity index (χ1) is 11.0. The van der Waals surface area contributed by atoms with E-state index >= 15 is 0 Å². The molecule has 0 unspecified atom stereocenters. The molecule has 1 aromatic rings. The lowest BCUT2D eigenvalue weighted by atomic mass is 9.72. The molecule has 0 saturated carbocycles. The van der Waals surface area contributed by atoms with E-state index in [1.807, 2.05) is 25.7 Å². The zero-order valence-electron chi connectivity index (χ0n) is 15.8. The zero-order valence-corrected chi connectivity index (χ0v) is 15.8. The molecule has 0 radical (unpaired) electrons. The van der Waals surface area contributed by atoms with E-state index in [2.05, 4.69) is 49.9 Å². The second kappa shape index (κ2) is 5.40. The van der Waals surface area contributed by atoms with Gasteiger partial charge in [0.05, 0.1) is 0 Å². The molecule has 0 aliphatic carbocycles. The van der Waals surface area contributed by atoms with Crippen molar-refractivity contribution in [2.75, 3.05) is 31.1 Å². The van der Waals surface area contributed by atoms with Crippen molar-refractivity contribution < 1.29 is 9.53 Å². The monoisotopic (exact) mass is 330 g/mol. The summed E-state index contributed by atoms with van der Waals surface area (Å²) in [4.78, 5) is 16.3. The molecule has 4 nitrogen and oxygen atoms in total. The Hall–Kier alpha value is -1.71. The summed E-state index contributed by atoms with van der Waals surface area (Å²) in [7, 11) is 0. The Labute approximate surface area is 145 Å². The molecule has 2 aliphatic heterocycles. The quantitative estimate of drug-likeness (QED) is 0.779. The van der Waals surface area contributed by atoms with E-state index < -0.39 is 5.60 Å². The number of ether oxygens (including phenoxy) is 1. The maximum Gasteiger partial charge on any atom is 0.410 e. The van der Waals surface area contributed by atoms with Gasteiger partial charge in [-0.3, -0.25) is 0 Å². The molecular formula is C20H30N2O2. The Morgan fingerprint density at radius 1 is 0.958 bits per heavy atom. The summed E-state index contributed by atoms with van der Waals surface area (Å²) in [5.41, 5.74) is 2.70. The molecular weight excluding hydrogens is 300 g/mol. The lowest BCUT2D eigenvalue weighted by Crippen LogP contribution is -2.73. The molecule has 0 N–H and O–H groups in total. The fraction of sp³-hybridized carbons (Fsp3) is 0.650. The smallest absolute Gasteiger partial charge is 0.410 e. The van der Waals surface area contributed by atoms with Crippen LogP contribution in [0, 0.1) is 5.41 Å². The van der Waals surface area contributed by atoms with E-state index in [0.29, 0.717) is 0 Å². The third-order valence-corrected chi connectivity index (χ3v) is 4.86. The molecule has 2 heterocycles. The van der Waals surface area contributed by atoms with Gasteiger partial charge in [-0.05, 0) is 43.9 Å². The first kappa shape index (κ1) is 17.1. The Balaban J connectivity index is 1.51. The van der Waals surface area contributed by atoms with Crippen molar-refractivity contribution in [3.63, 3.8) is 0 Å². The van der Waals surface area contributed by atoms with Crippen LogP contribution in [0.25, 0.3) is 0 Å². The molecule has 0 atom stereocenters. The van der Waals surface area contributed by atoms with E-state index in [0.717, 1.165) is 26.2 Å². The van der Waals surface area contributed by atoms with Crippen LogP contribution in [0.15, 0.2) is 24.3 Å². The molecule has 0 aromatic heterocycles. The highest BCUT2D eigenvalue weighted by Crippen LogP contribution is 2.42. The number of hydrogen-bond acceptors (Lipinski definition) is 3. The first-order valence-electron chi connectivity index (χ1n) is 8.81.